The van der Waals surface area contributed by atoms with E-state index in [2.05, 4.69) is 29.5 Å². The highest BCUT2D eigenvalue weighted by molar-refractivity contribution is 6.34. The fraction of sp³-hybridized carbons (Fsp3) is 0.421. The van der Waals surface area contributed by atoms with Crippen LogP contribution in [0, 0.1) is 5.92 Å². The van der Waals surface area contributed by atoms with Gasteiger partial charge in [-0.05, 0) is 61.6 Å². The highest BCUT2D eigenvalue weighted by atomic mass is 35.5. The number of rotatable bonds is 1. The van der Waals surface area contributed by atoms with Gasteiger partial charge >= 0.3 is 0 Å². The van der Waals surface area contributed by atoms with Crippen molar-refractivity contribution in [2.75, 3.05) is 6.54 Å². The molecule has 4 rings (SSSR count). The zero-order valence-electron chi connectivity index (χ0n) is 13.6. The van der Waals surface area contributed by atoms with Crippen molar-refractivity contribution in [3.8, 4) is 0 Å². The molecule has 2 aliphatic heterocycles. The van der Waals surface area contributed by atoms with Gasteiger partial charge in [0.2, 0.25) is 0 Å². The van der Waals surface area contributed by atoms with E-state index in [0.29, 0.717) is 16.0 Å². The normalized spacial score (nSPS) is 32.3. The van der Waals surface area contributed by atoms with Crippen molar-refractivity contribution in [2.45, 2.75) is 38.2 Å². The Morgan fingerprint density at radius 3 is 2.79 bits per heavy atom. The van der Waals surface area contributed by atoms with Gasteiger partial charge in [-0.15, -0.1) is 0 Å². The number of hydrogen-bond acceptors (Lipinski definition) is 3. The van der Waals surface area contributed by atoms with Crippen LogP contribution in [0.15, 0.2) is 46.6 Å². The predicted molar refractivity (Wildman–Crippen MR) is 98.5 cm³/mol. The van der Waals surface area contributed by atoms with Crippen molar-refractivity contribution in [3.63, 3.8) is 0 Å². The average Bonchev–Trinajstić information content (AvgIpc) is 2.97. The smallest absolute Gasteiger partial charge is 0.124 e. The predicted octanol–water partition coefficient (Wildman–Crippen LogP) is 5.20. The molecule has 1 aromatic rings. The Kier molecular flexibility index (Phi) is 4.19. The first kappa shape index (κ1) is 16.2. The fourth-order valence-electron chi connectivity index (χ4n) is 3.74. The molecule has 0 bridgehead atoms. The minimum Gasteiger partial charge on any atom is -0.289 e. The van der Waals surface area contributed by atoms with Crippen LogP contribution >= 0.6 is 23.2 Å². The molecule has 5 heteroatoms. The van der Waals surface area contributed by atoms with Crippen LogP contribution in [0.25, 0.3) is 0 Å². The lowest BCUT2D eigenvalue weighted by atomic mass is 9.82. The van der Waals surface area contributed by atoms with Gasteiger partial charge in [0.25, 0.3) is 0 Å². The minimum atomic E-state index is -0.467. The molecule has 3 aliphatic rings. The lowest BCUT2D eigenvalue weighted by Gasteiger charge is -2.26. The number of fused-ring (bicyclic) bond motifs is 1. The summed E-state index contributed by atoms with van der Waals surface area (Å²) in [6.07, 6.45) is 8.58. The van der Waals surface area contributed by atoms with Crippen LogP contribution < -0.4 is 5.48 Å². The second-order valence-corrected chi connectivity index (χ2v) is 7.83. The van der Waals surface area contributed by atoms with Crippen molar-refractivity contribution in [2.24, 2.45) is 10.9 Å². The zero-order valence-corrected chi connectivity index (χ0v) is 15.1. The lowest BCUT2D eigenvalue weighted by molar-refractivity contribution is -0.0414. The number of aliphatic imine (C=N–C) groups is 1. The largest absolute Gasteiger partial charge is 0.289 e. The maximum Gasteiger partial charge on any atom is 0.124 e. The van der Waals surface area contributed by atoms with E-state index in [9.17, 15) is 0 Å². The number of hydrogen-bond donors (Lipinski definition) is 1. The number of hydroxylamine groups is 1. The van der Waals surface area contributed by atoms with Crippen molar-refractivity contribution >= 4 is 28.9 Å². The molecule has 2 unspecified atom stereocenters. The number of halogens is 2. The summed E-state index contributed by atoms with van der Waals surface area (Å²) in [5.41, 5.74) is 7.40. The molecule has 2 atom stereocenters. The van der Waals surface area contributed by atoms with Crippen LogP contribution in [0.4, 0.5) is 0 Å². The van der Waals surface area contributed by atoms with Gasteiger partial charge in [0.15, 0.2) is 0 Å². The molecular weight excluding hydrogens is 343 g/mol. The highest BCUT2D eigenvalue weighted by Crippen LogP contribution is 2.41. The van der Waals surface area contributed by atoms with Crippen molar-refractivity contribution in [1.82, 2.24) is 5.48 Å². The molecule has 0 aromatic heterocycles. The van der Waals surface area contributed by atoms with E-state index >= 15 is 0 Å². The van der Waals surface area contributed by atoms with E-state index < -0.39 is 5.60 Å². The number of nitrogens with one attached hydrogen (secondary N) is 1. The molecule has 2 heterocycles. The third-order valence-electron chi connectivity index (χ3n) is 5.12. The first-order valence-corrected chi connectivity index (χ1v) is 9.14. The summed E-state index contributed by atoms with van der Waals surface area (Å²) in [4.78, 5) is 10.6. The monoisotopic (exact) mass is 362 g/mol. The van der Waals surface area contributed by atoms with E-state index in [4.69, 9.17) is 28.0 Å². The molecule has 126 valence electrons. The molecule has 1 aliphatic carbocycles. The molecule has 0 amide bonds. The van der Waals surface area contributed by atoms with E-state index in [1.807, 2.05) is 12.1 Å². The Morgan fingerprint density at radius 2 is 2.00 bits per heavy atom. The average molecular weight is 363 g/mol. The van der Waals surface area contributed by atoms with Gasteiger partial charge in [-0.3, -0.25) is 15.3 Å². The summed E-state index contributed by atoms with van der Waals surface area (Å²) in [6, 6.07) is 5.59. The molecular formula is C19H20Cl2N2O. The third kappa shape index (κ3) is 3.01. The summed E-state index contributed by atoms with van der Waals surface area (Å²) in [6.45, 7) is 3.03. The SMILES string of the molecule is CC1(c2cc(Cl)cc(Cl)c2)CC(=C2C=CC3=NCCCC3C2)NO1. The molecule has 1 fully saturated rings. The van der Waals surface area contributed by atoms with E-state index in [1.165, 1.54) is 24.1 Å². The zero-order chi connectivity index (χ0) is 16.7. The first-order valence-electron chi connectivity index (χ1n) is 8.38. The second kappa shape index (κ2) is 6.21. The van der Waals surface area contributed by atoms with Crippen LogP contribution in [0.1, 0.15) is 38.2 Å². The Morgan fingerprint density at radius 1 is 1.21 bits per heavy atom. The van der Waals surface area contributed by atoms with Crippen LogP contribution in [0.5, 0.6) is 0 Å². The fourth-order valence-corrected chi connectivity index (χ4v) is 4.27. The summed E-state index contributed by atoms with van der Waals surface area (Å²) in [7, 11) is 0. The van der Waals surface area contributed by atoms with Gasteiger partial charge in [-0.2, -0.15) is 0 Å². The number of allylic oxidation sites excluding steroid dienone is 3. The Bertz CT molecular complexity index is 748. The third-order valence-corrected chi connectivity index (χ3v) is 5.56. The van der Waals surface area contributed by atoms with E-state index in [0.717, 1.165) is 30.6 Å². The second-order valence-electron chi connectivity index (χ2n) is 6.96. The lowest BCUT2D eigenvalue weighted by Crippen LogP contribution is -2.22. The van der Waals surface area contributed by atoms with E-state index in [-0.39, 0.29) is 0 Å². The van der Waals surface area contributed by atoms with Gasteiger partial charge in [0.05, 0.1) is 0 Å². The molecule has 0 radical (unpaired) electrons. The summed E-state index contributed by atoms with van der Waals surface area (Å²) >= 11 is 12.3. The van der Waals surface area contributed by atoms with Crippen molar-refractivity contribution in [1.29, 1.82) is 0 Å². The van der Waals surface area contributed by atoms with Crippen molar-refractivity contribution < 1.29 is 4.84 Å². The quantitative estimate of drug-likeness (QED) is 0.744. The molecule has 1 N–H and O–H groups in total. The van der Waals surface area contributed by atoms with Gasteiger partial charge < -0.3 is 0 Å². The summed E-state index contributed by atoms with van der Waals surface area (Å²) in [5, 5.41) is 1.26. The minimum absolute atomic E-state index is 0.467. The van der Waals surface area contributed by atoms with Crippen molar-refractivity contribution in [3.05, 3.63) is 57.2 Å². The van der Waals surface area contributed by atoms with Crippen LogP contribution in [-0.4, -0.2) is 12.3 Å². The van der Waals surface area contributed by atoms with Crippen LogP contribution in [0.2, 0.25) is 10.0 Å². The first-order chi connectivity index (χ1) is 11.5. The Balaban J connectivity index is 1.62. The highest BCUT2D eigenvalue weighted by Gasteiger charge is 2.37. The summed E-state index contributed by atoms with van der Waals surface area (Å²) < 4.78 is 0. The van der Waals surface area contributed by atoms with Gasteiger partial charge in [0, 0.05) is 40.3 Å². The van der Waals surface area contributed by atoms with Gasteiger partial charge in [-0.25, -0.2) is 0 Å². The van der Waals surface area contributed by atoms with Crippen LogP contribution in [-0.2, 0) is 10.4 Å². The van der Waals surface area contributed by atoms with Gasteiger partial charge in [0.1, 0.15) is 5.60 Å². The molecule has 1 saturated heterocycles. The number of nitrogens with zero attached hydrogens (tertiary/aromatic N) is 1. The van der Waals surface area contributed by atoms with Crippen LogP contribution in [0.3, 0.4) is 0 Å². The number of benzene rings is 1. The molecule has 0 spiro atoms. The van der Waals surface area contributed by atoms with Gasteiger partial charge in [-0.1, -0.05) is 29.3 Å². The molecule has 0 saturated carbocycles. The molecule has 3 nitrogen and oxygen atoms in total. The molecule has 24 heavy (non-hydrogen) atoms. The molecule has 1 aromatic carbocycles. The Hall–Kier alpha value is -1.29. The topological polar surface area (TPSA) is 33.6 Å². The van der Waals surface area contributed by atoms with E-state index in [1.54, 1.807) is 6.07 Å². The maximum absolute atomic E-state index is 6.16. The standard InChI is InChI=1S/C19H20Cl2N2O/c1-19(14-8-15(20)10-16(21)9-14)11-18(23-24-19)13-4-5-17-12(7-13)3-2-6-22-17/h4-5,8-10,12,23H,2-3,6-7,11H2,1H3. The maximum atomic E-state index is 6.16. The Labute approximate surface area is 152 Å². The summed E-state index contributed by atoms with van der Waals surface area (Å²) in [5.74, 6) is 0.556.